The smallest absolute Gasteiger partial charge is 0.118 e. The molecule has 1 aliphatic heterocycles. The van der Waals surface area contributed by atoms with Gasteiger partial charge in [-0.2, -0.15) is 0 Å². The number of furan rings is 1. The molecule has 2 aromatic heterocycles. The monoisotopic (exact) mass is 304 g/mol. The molecule has 1 aliphatic rings. The lowest BCUT2D eigenvalue weighted by molar-refractivity contribution is 0.226. The molecule has 0 saturated heterocycles. The summed E-state index contributed by atoms with van der Waals surface area (Å²) in [6.07, 6.45) is 2.35. The molecule has 3 nitrogen and oxygen atoms in total. The van der Waals surface area contributed by atoms with Crippen LogP contribution in [0.2, 0.25) is 0 Å². The molecule has 3 heterocycles. The van der Waals surface area contributed by atoms with Crippen LogP contribution in [-0.4, -0.2) is 18.0 Å². The number of hydrogen-bond acceptors (Lipinski definition) is 4. The van der Waals surface area contributed by atoms with E-state index in [1.165, 1.54) is 24.0 Å². The minimum atomic E-state index is 0.915. The van der Waals surface area contributed by atoms with Gasteiger partial charge in [-0.15, -0.1) is 11.3 Å². The third-order valence-corrected chi connectivity index (χ3v) is 5.10. The highest BCUT2D eigenvalue weighted by molar-refractivity contribution is 7.10. The number of hydrogen-bond donors (Lipinski definition) is 1. The minimum absolute atomic E-state index is 0.915. The maximum absolute atomic E-state index is 5.94. The molecule has 0 spiro atoms. The minimum Gasteiger partial charge on any atom is -0.465 e. The number of nitrogens with zero attached hydrogens (tertiary/aromatic N) is 1. The molecule has 0 bridgehead atoms. The topological polar surface area (TPSA) is 28.4 Å². The van der Waals surface area contributed by atoms with Crippen molar-refractivity contribution in [3.05, 3.63) is 45.0 Å². The summed E-state index contributed by atoms with van der Waals surface area (Å²) in [4.78, 5) is 4.04. The fourth-order valence-corrected chi connectivity index (χ4v) is 3.79. The van der Waals surface area contributed by atoms with Crippen molar-refractivity contribution >= 4 is 11.3 Å². The van der Waals surface area contributed by atoms with E-state index in [-0.39, 0.29) is 0 Å². The maximum Gasteiger partial charge on any atom is 0.118 e. The van der Waals surface area contributed by atoms with Crippen LogP contribution in [-0.2, 0) is 26.1 Å². The van der Waals surface area contributed by atoms with Gasteiger partial charge in [0.1, 0.15) is 11.5 Å². The molecular weight excluding hydrogens is 280 g/mol. The fraction of sp³-hybridized carbons (Fsp3) is 0.529. The Morgan fingerprint density at radius 2 is 2.33 bits per heavy atom. The summed E-state index contributed by atoms with van der Waals surface area (Å²) >= 11 is 1.89. The summed E-state index contributed by atoms with van der Waals surface area (Å²) in [6.45, 7) is 9.35. The highest BCUT2D eigenvalue weighted by Crippen LogP contribution is 2.25. The zero-order valence-corrected chi connectivity index (χ0v) is 13.8. The van der Waals surface area contributed by atoms with Crippen molar-refractivity contribution < 1.29 is 4.42 Å². The first-order valence-electron chi connectivity index (χ1n) is 7.82. The van der Waals surface area contributed by atoms with Crippen LogP contribution in [0.15, 0.2) is 21.9 Å². The standard InChI is InChI=1S/C17H24N2OS/c1-3-6-18-10-15-9-16(20-13(15)2)12-19-7-4-17-14(11-19)5-8-21-17/h5,8-9,18H,3-4,6-7,10-12H2,1-2H3. The number of fused-ring (bicyclic) bond motifs is 1. The molecule has 0 amide bonds. The van der Waals surface area contributed by atoms with Gasteiger partial charge in [0, 0.05) is 30.1 Å². The van der Waals surface area contributed by atoms with Crippen molar-refractivity contribution in [3.63, 3.8) is 0 Å². The van der Waals surface area contributed by atoms with Gasteiger partial charge in [0.25, 0.3) is 0 Å². The van der Waals surface area contributed by atoms with Gasteiger partial charge in [0.2, 0.25) is 0 Å². The molecule has 3 rings (SSSR count). The molecule has 0 atom stereocenters. The Morgan fingerprint density at radius 1 is 1.43 bits per heavy atom. The Bertz CT molecular complexity index is 587. The van der Waals surface area contributed by atoms with Gasteiger partial charge in [-0.25, -0.2) is 0 Å². The lowest BCUT2D eigenvalue weighted by Crippen LogP contribution is -2.28. The average Bonchev–Trinajstić information content (AvgIpc) is 3.06. The molecule has 1 N–H and O–H groups in total. The largest absolute Gasteiger partial charge is 0.465 e. The van der Waals surface area contributed by atoms with Gasteiger partial charge in [-0.1, -0.05) is 6.92 Å². The highest BCUT2D eigenvalue weighted by Gasteiger charge is 2.18. The van der Waals surface area contributed by atoms with Crippen molar-refractivity contribution in [1.29, 1.82) is 0 Å². The van der Waals surface area contributed by atoms with Gasteiger partial charge < -0.3 is 9.73 Å². The molecule has 0 unspecified atom stereocenters. The third-order valence-electron chi connectivity index (χ3n) is 4.08. The number of rotatable bonds is 6. The summed E-state index contributed by atoms with van der Waals surface area (Å²) in [6, 6.07) is 4.49. The second kappa shape index (κ2) is 6.77. The Kier molecular flexibility index (Phi) is 4.78. The summed E-state index contributed by atoms with van der Waals surface area (Å²) in [5.74, 6) is 2.15. The van der Waals surface area contributed by atoms with Gasteiger partial charge in [-0.3, -0.25) is 4.90 Å². The molecule has 0 fully saturated rings. The SMILES string of the molecule is CCCNCc1cc(CN2CCc3sccc3C2)oc1C. The van der Waals surface area contributed by atoms with E-state index in [9.17, 15) is 0 Å². The third kappa shape index (κ3) is 3.57. The van der Waals surface area contributed by atoms with Crippen molar-refractivity contribution in [2.24, 2.45) is 0 Å². The molecule has 21 heavy (non-hydrogen) atoms. The van der Waals surface area contributed by atoms with Crippen molar-refractivity contribution in [3.8, 4) is 0 Å². The molecular formula is C17H24N2OS. The van der Waals surface area contributed by atoms with Crippen LogP contribution in [0.5, 0.6) is 0 Å². The van der Waals surface area contributed by atoms with Crippen LogP contribution < -0.4 is 5.32 Å². The number of thiophene rings is 1. The van der Waals surface area contributed by atoms with Crippen LogP contribution in [0.4, 0.5) is 0 Å². The average molecular weight is 304 g/mol. The molecule has 0 radical (unpaired) electrons. The first-order chi connectivity index (χ1) is 10.3. The maximum atomic E-state index is 5.94. The predicted octanol–water partition coefficient (Wildman–Crippen LogP) is 3.71. The van der Waals surface area contributed by atoms with E-state index in [4.69, 9.17) is 4.42 Å². The number of nitrogens with one attached hydrogen (secondary N) is 1. The van der Waals surface area contributed by atoms with Crippen LogP contribution in [0.25, 0.3) is 0 Å². The normalized spacial score (nSPS) is 15.3. The Labute approximate surface area is 131 Å². The van der Waals surface area contributed by atoms with Crippen LogP contribution in [0, 0.1) is 6.92 Å². The van der Waals surface area contributed by atoms with Crippen molar-refractivity contribution in [2.45, 2.75) is 46.3 Å². The van der Waals surface area contributed by atoms with E-state index in [1.54, 1.807) is 4.88 Å². The second-order valence-corrected chi connectivity index (χ2v) is 6.80. The first kappa shape index (κ1) is 14.8. The van der Waals surface area contributed by atoms with E-state index in [0.29, 0.717) is 0 Å². The Hall–Kier alpha value is -1.10. The van der Waals surface area contributed by atoms with Gasteiger partial charge in [0.15, 0.2) is 0 Å². The Morgan fingerprint density at radius 3 is 3.19 bits per heavy atom. The molecule has 2 aromatic rings. The van der Waals surface area contributed by atoms with Gasteiger partial charge >= 0.3 is 0 Å². The quantitative estimate of drug-likeness (QED) is 0.825. The summed E-state index contributed by atoms with van der Waals surface area (Å²) in [7, 11) is 0. The van der Waals surface area contributed by atoms with Gasteiger partial charge in [-0.05, 0) is 49.4 Å². The molecule has 0 saturated carbocycles. The first-order valence-corrected chi connectivity index (χ1v) is 8.70. The van der Waals surface area contributed by atoms with Crippen LogP contribution >= 0.6 is 11.3 Å². The molecule has 0 aliphatic carbocycles. The van der Waals surface area contributed by atoms with E-state index < -0.39 is 0 Å². The van der Waals surface area contributed by atoms with Crippen LogP contribution in [0.1, 0.15) is 40.9 Å². The number of aryl methyl sites for hydroxylation is 1. The zero-order chi connectivity index (χ0) is 14.7. The van der Waals surface area contributed by atoms with E-state index in [0.717, 1.165) is 44.2 Å². The van der Waals surface area contributed by atoms with Crippen LogP contribution in [0.3, 0.4) is 0 Å². The van der Waals surface area contributed by atoms with E-state index in [2.05, 4.69) is 41.6 Å². The predicted molar refractivity (Wildman–Crippen MR) is 87.6 cm³/mol. The summed E-state index contributed by atoms with van der Waals surface area (Å²) in [5, 5.41) is 5.66. The van der Waals surface area contributed by atoms with Crippen molar-refractivity contribution in [1.82, 2.24) is 10.2 Å². The lowest BCUT2D eigenvalue weighted by Gasteiger charge is -2.25. The fourth-order valence-electron chi connectivity index (χ4n) is 2.90. The Balaban J connectivity index is 1.59. The van der Waals surface area contributed by atoms with E-state index in [1.807, 2.05) is 11.3 Å². The molecule has 0 aromatic carbocycles. The zero-order valence-electron chi connectivity index (χ0n) is 12.9. The van der Waals surface area contributed by atoms with Crippen molar-refractivity contribution in [2.75, 3.05) is 13.1 Å². The highest BCUT2D eigenvalue weighted by atomic mass is 32.1. The second-order valence-electron chi connectivity index (χ2n) is 5.80. The van der Waals surface area contributed by atoms with Gasteiger partial charge in [0.05, 0.1) is 6.54 Å². The summed E-state index contributed by atoms with van der Waals surface area (Å²) in [5.41, 5.74) is 2.80. The molecule has 114 valence electrons. The lowest BCUT2D eigenvalue weighted by atomic mass is 10.1. The molecule has 4 heteroatoms. The van der Waals surface area contributed by atoms with E-state index >= 15 is 0 Å². The summed E-state index contributed by atoms with van der Waals surface area (Å²) < 4.78 is 5.94.